The molecule has 0 aliphatic heterocycles. The number of aryl methyl sites for hydroxylation is 1. The number of ether oxygens (including phenoxy) is 2. The van der Waals surface area contributed by atoms with Gasteiger partial charge in [0.25, 0.3) is 0 Å². The zero-order valence-corrected chi connectivity index (χ0v) is 16.8. The Kier molecular flexibility index (Phi) is 6.39. The van der Waals surface area contributed by atoms with Crippen molar-refractivity contribution in [3.63, 3.8) is 0 Å². The van der Waals surface area contributed by atoms with E-state index in [0.717, 1.165) is 30.6 Å². The number of hydrogen-bond donors (Lipinski definition) is 0. The maximum atomic E-state index is 11.2. The molecule has 1 aliphatic rings. The molecule has 144 valence electrons. The molecule has 1 aromatic carbocycles. The third-order valence-corrected chi connectivity index (χ3v) is 4.86. The molecule has 6 nitrogen and oxygen atoms in total. The van der Waals surface area contributed by atoms with Gasteiger partial charge in [-0.3, -0.25) is 4.79 Å². The summed E-state index contributed by atoms with van der Waals surface area (Å²) >= 11 is 11.9. The molecule has 27 heavy (non-hydrogen) atoms. The van der Waals surface area contributed by atoms with Crippen molar-refractivity contribution in [2.45, 2.75) is 32.3 Å². The first kappa shape index (κ1) is 19.7. The molecule has 0 spiro atoms. The van der Waals surface area contributed by atoms with Crippen molar-refractivity contribution in [2.75, 3.05) is 25.1 Å². The predicted molar refractivity (Wildman–Crippen MR) is 105 cm³/mol. The van der Waals surface area contributed by atoms with Crippen molar-refractivity contribution in [2.24, 2.45) is 0 Å². The highest BCUT2D eigenvalue weighted by atomic mass is 35.5. The van der Waals surface area contributed by atoms with Gasteiger partial charge in [-0.15, -0.1) is 0 Å². The molecule has 8 heteroatoms. The van der Waals surface area contributed by atoms with Gasteiger partial charge in [0, 0.05) is 20.5 Å². The fourth-order valence-corrected chi connectivity index (χ4v) is 3.53. The Morgan fingerprint density at radius 3 is 2.96 bits per heavy atom. The minimum Gasteiger partial charge on any atom is -0.494 e. The summed E-state index contributed by atoms with van der Waals surface area (Å²) in [5.74, 6) is 1.18. The highest BCUT2D eigenvalue weighted by molar-refractivity contribution is 6.33. The molecule has 0 bridgehead atoms. The van der Waals surface area contributed by atoms with Gasteiger partial charge in [-0.1, -0.05) is 17.7 Å². The lowest BCUT2D eigenvalue weighted by molar-refractivity contribution is -0.146. The summed E-state index contributed by atoms with van der Waals surface area (Å²) in [5, 5.41) is 0.631. The van der Waals surface area contributed by atoms with E-state index in [0.29, 0.717) is 24.0 Å². The molecule has 0 saturated heterocycles. The zero-order valence-electron chi connectivity index (χ0n) is 15.2. The molecule has 1 aliphatic carbocycles. The summed E-state index contributed by atoms with van der Waals surface area (Å²) in [6.45, 7) is 2.72. The number of fused-ring (bicyclic) bond motifs is 1. The summed E-state index contributed by atoms with van der Waals surface area (Å²) in [5.41, 5.74) is 2.26. The van der Waals surface area contributed by atoms with Crippen LogP contribution in [-0.4, -0.2) is 36.1 Å². The van der Waals surface area contributed by atoms with Gasteiger partial charge >= 0.3 is 5.97 Å². The maximum absolute atomic E-state index is 11.2. The summed E-state index contributed by atoms with van der Waals surface area (Å²) in [7, 11) is 1.90. The maximum Gasteiger partial charge on any atom is 0.303 e. The number of esters is 1. The van der Waals surface area contributed by atoms with Crippen molar-refractivity contribution in [3.8, 4) is 5.75 Å². The van der Waals surface area contributed by atoms with Crippen molar-refractivity contribution < 1.29 is 14.3 Å². The molecule has 0 fully saturated rings. The van der Waals surface area contributed by atoms with Crippen molar-refractivity contribution >= 4 is 35.0 Å². The first-order valence-corrected chi connectivity index (χ1v) is 9.51. The van der Waals surface area contributed by atoms with Gasteiger partial charge in [0.1, 0.15) is 16.9 Å². The number of anilines is 1. The molecular formula is C19H21Cl2N3O3. The highest BCUT2D eigenvalue weighted by Gasteiger charge is 2.25. The number of rotatable bonds is 7. The Bertz CT molecular complexity index is 832. The molecule has 2 aromatic rings. The molecule has 0 radical (unpaired) electrons. The second-order valence-electron chi connectivity index (χ2n) is 6.43. The van der Waals surface area contributed by atoms with Crippen LogP contribution in [0.2, 0.25) is 10.3 Å². The molecule has 0 N–H and O–H groups in total. The third kappa shape index (κ3) is 5.02. The lowest BCUT2D eigenvalue weighted by Gasteiger charge is -2.19. The molecular weight excluding hydrogens is 389 g/mol. The molecule has 1 heterocycles. The number of hydrogen-bond acceptors (Lipinski definition) is 6. The normalized spacial score (nSPS) is 15.3. The lowest BCUT2D eigenvalue weighted by Crippen LogP contribution is -2.22. The lowest BCUT2D eigenvalue weighted by atomic mass is 10.1. The van der Waals surface area contributed by atoms with E-state index >= 15 is 0 Å². The smallest absolute Gasteiger partial charge is 0.303 e. The van der Waals surface area contributed by atoms with Crippen molar-refractivity contribution in [1.29, 1.82) is 0 Å². The topological polar surface area (TPSA) is 64.6 Å². The first-order chi connectivity index (χ1) is 12.9. The van der Waals surface area contributed by atoms with Gasteiger partial charge in [0.05, 0.1) is 12.8 Å². The fourth-order valence-electron chi connectivity index (χ4n) is 3.17. The van der Waals surface area contributed by atoms with Crippen LogP contribution in [0.3, 0.4) is 0 Å². The monoisotopic (exact) mass is 409 g/mol. The van der Waals surface area contributed by atoms with E-state index in [9.17, 15) is 4.79 Å². The molecule has 0 amide bonds. The van der Waals surface area contributed by atoms with Crippen LogP contribution in [0.15, 0.2) is 24.4 Å². The Labute approximate surface area is 168 Å². The number of carbonyl (C=O) groups is 1. The SMILES string of the molecule is CC(=O)O[C@H]1CCc2cc(OCCCN(C)c3nc(Cl)ncc3Cl)ccc21. The van der Waals surface area contributed by atoms with Crippen LogP contribution < -0.4 is 9.64 Å². The Balaban J connectivity index is 1.50. The van der Waals surface area contributed by atoms with Crippen LogP contribution in [0.5, 0.6) is 5.75 Å². The number of halogens is 2. The van der Waals surface area contributed by atoms with E-state index in [-0.39, 0.29) is 17.4 Å². The van der Waals surface area contributed by atoms with Crippen LogP contribution >= 0.6 is 23.2 Å². The summed E-state index contributed by atoms with van der Waals surface area (Å²) in [4.78, 5) is 21.1. The number of carbonyl (C=O) groups excluding carboxylic acids is 1. The fraction of sp³-hybridized carbons (Fsp3) is 0.421. The van der Waals surface area contributed by atoms with Gasteiger partial charge < -0.3 is 14.4 Å². The molecule has 1 atom stereocenters. The van der Waals surface area contributed by atoms with Crippen LogP contribution in [0.4, 0.5) is 5.82 Å². The van der Waals surface area contributed by atoms with Crippen LogP contribution in [0, 0.1) is 0 Å². The second kappa shape index (κ2) is 8.76. The summed E-state index contributed by atoms with van der Waals surface area (Å²) in [6.07, 6.45) is 3.87. The van der Waals surface area contributed by atoms with Crippen LogP contribution in [0.25, 0.3) is 0 Å². The van der Waals surface area contributed by atoms with Gasteiger partial charge in [-0.2, -0.15) is 4.98 Å². The van der Waals surface area contributed by atoms with E-state index in [1.54, 1.807) is 0 Å². The standard InChI is InChI=1S/C19H21Cl2N3O3/c1-12(25)27-17-7-4-13-10-14(5-6-15(13)17)26-9-3-8-24(2)18-16(20)11-22-19(21)23-18/h5-6,10-11,17H,3-4,7-9H2,1-2H3/t17-/m0/s1. The highest BCUT2D eigenvalue weighted by Crippen LogP contribution is 2.36. The van der Waals surface area contributed by atoms with E-state index in [1.165, 1.54) is 18.7 Å². The minimum atomic E-state index is -0.248. The van der Waals surface area contributed by atoms with E-state index < -0.39 is 0 Å². The van der Waals surface area contributed by atoms with E-state index in [2.05, 4.69) is 9.97 Å². The Hall–Kier alpha value is -2.05. The first-order valence-electron chi connectivity index (χ1n) is 8.76. The van der Waals surface area contributed by atoms with E-state index in [4.69, 9.17) is 32.7 Å². The van der Waals surface area contributed by atoms with Gasteiger partial charge in [0.2, 0.25) is 5.28 Å². The van der Waals surface area contributed by atoms with Crippen molar-refractivity contribution in [1.82, 2.24) is 9.97 Å². The predicted octanol–water partition coefficient (Wildman–Crippen LogP) is 4.24. The molecule has 0 saturated carbocycles. The van der Waals surface area contributed by atoms with Crippen LogP contribution in [0.1, 0.15) is 37.0 Å². The summed E-state index contributed by atoms with van der Waals surface area (Å²) < 4.78 is 11.2. The number of benzene rings is 1. The van der Waals surface area contributed by atoms with Gasteiger partial charge in [0.15, 0.2) is 5.82 Å². The summed E-state index contributed by atoms with van der Waals surface area (Å²) in [6, 6.07) is 5.94. The van der Waals surface area contributed by atoms with Gasteiger partial charge in [-0.25, -0.2) is 4.98 Å². The quantitative estimate of drug-likeness (QED) is 0.387. The minimum absolute atomic E-state index is 0.135. The van der Waals surface area contributed by atoms with Gasteiger partial charge in [-0.05, 0) is 54.1 Å². The van der Waals surface area contributed by atoms with Crippen LogP contribution in [-0.2, 0) is 16.0 Å². The number of nitrogens with zero attached hydrogens (tertiary/aromatic N) is 3. The second-order valence-corrected chi connectivity index (χ2v) is 7.18. The molecule has 1 aromatic heterocycles. The molecule has 0 unspecified atom stereocenters. The largest absolute Gasteiger partial charge is 0.494 e. The zero-order chi connectivity index (χ0) is 19.4. The Morgan fingerprint density at radius 1 is 1.37 bits per heavy atom. The molecule has 3 rings (SSSR count). The Morgan fingerprint density at radius 2 is 2.19 bits per heavy atom. The van der Waals surface area contributed by atoms with E-state index in [1.807, 2.05) is 30.1 Å². The average Bonchev–Trinajstić information content (AvgIpc) is 3.02. The third-order valence-electron chi connectivity index (χ3n) is 4.41. The van der Waals surface area contributed by atoms with Crippen molar-refractivity contribution in [3.05, 3.63) is 45.8 Å². The average molecular weight is 410 g/mol. The number of aromatic nitrogens is 2.